The maximum Gasteiger partial charge on any atom is 0.325 e. The van der Waals surface area contributed by atoms with E-state index in [-0.39, 0.29) is 16.8 Å². The summed E-state index contributed by atoms with van der Waals surface area (Å²) < 4.78 is 23.8. The number of halogens is 1. The first-order chi connectivity index (χ1) is 15.0. The number of carbonyl (C=O) groups is 2. The monoisotopic (exact) mass is 463 g/mol. The van der Waals surface area contributed by atoms with Crippen molar-refractivity contribution in [3.05, 3.63) is 48.3 Å². The number of carbonyl (C=O) groups excluding carboxylic acids is 2. The first-order valence-corrected chi connectivity index (χ1v) is 10.6. The maximum atomic E-state index is 12.9. The van der Waals surface area contributed by atoms with Crippen LogP contribution in [-0.2, 0) is 4.79 Å². The molecule has 3 rings (SSSR count). The van der Waals surface area contributed by atoms with Crippen LogP contribution < -0.4 is 25.4 Å². The Labute approximate surface area is 185 Å². The summed E-state index contributed by atoms with van der Waals surface area (Å²) in [4.78, 5) is 24.2. The Morgan fingerprint density at radius 1 is 1.03 bits per heavy atom. The fourth-order valence-electron chi connectivity index (χ4n) is 2.33. The summed E-state index contributed by atoms with van der Waals surface area (Å²) >= 11 is 2.30. The maximum absolute atomic E-state index is 12.9. The van der Waals surface area contributed by atoms with E-state index in [1.165, 1.54) is 43.1 Å². The molecule has 9 nitrogen and oxygen atoms in total. The van der Waals surface area contributed by atoms with E-state index >= 15 is 0 Å². The minimum Gasteiger partial charge on any atom is -0.497 e. The second kappa shape index (κ2) is 10.6. The van der Waals surface area contributed by atoms with Crippen molar-refractivity contribution in [1.29, 1.82) is 0 Å². The van der Waals surface area contributed by atoms with Gasteiger partial charge >= 0.3 is 6.03 Å². The number of anilines is 3. The van der Waals surface area contributed by atoms with Crippen LogP contribution in [0.4, 0.5) is 25.7 Å². The number of nitrogens with one attached hydrogen (secondary N) is 3. The van der Waals surface area contributed by atoms with Crippen LogP contribution in [0.1, 0.15) is 0 Å². The first kappa shape index (κ1) is 22.3. The zero-order valence-electron chi connectivity index (χ0n) is 16.5. The van der Waals surface area contributed by atoms with Crippen LogP contribution >= 0.6 is 23.1 Å². The number of aromatic nitrogens is 2. The second-order valence-electron chi connectivity index (χ2n) is 5.86. The topological polar surface area (TPSA) is 114 Å². The molecule has 1 heterocycles. The second-order valence-corrected chi connectivity index (χ2v) is 8.06. The molecule has 162 valence electrons. The lowest BCUT2D eigenvalue weighted by atomic mass is 10.2. The number of hydrogen-bond acceptors (Lipinski definition) is 8. The predicted octanol–water partition coefficient (Wildman–Crippen LogP) is 4.07. The van der Waals surface area contributed by atoms with Crippen molar-refractivity contribution < 1.29 is 23.5 Å². The molecule has 0 saturated carbocycles. The number of benzene rings is 2. The van der Waals surface area contributed by atoms with Crippen molar-refractivity contribution in [2.45, 2.75) is 4.34 Å². The Hall–Kier alpha value is -3.38. The van der Waals surface area contributed by atoms with Crippen LogP contribution in [0.15, 0.2) is 46.8 Å². The number of methoxy groups -OCH3 is 2. The number of nitrogens with zero attached hydrogens (tertiary/aromatic N) is 2. The number of thioether (sulfide) groups is 1. The van der Waals surface area contributed by atoms with Crippen molar-refractivity contribution >= 4 is 51.5 Å². The number of urea groups is 1. The highest BCUT2D eigenvalue weighted by Gasteiger charge is 2.13. The number of amides is 3. The van der Waals surface area contributed by atoms with E-state index in [2.05, 4.69) is 26.1 Å². The van der Waals surface area contributed by atoms with Crippen molar-refractivity contribution in [2.75, 3.05) is 35.9 Å². The van der Waals surface area contributed by atoms with E-state index in [1.54, 1.807) is 25.3 Å². The van der Waals surface area contributed by atoms with Gasteiger partial charge in [0.15, 0.2) is 4.34 Å². The largest absolute Gasteiger partial charge is 0.497 e. The van der Waals surface area contributed by atoms with Gasteiger partial charge in [-0.3, -0.25) is 10.1 Å². The van der Waals surface area contributed by atoms with Gasteiger partial charge in [0, 0.05) is 11.8 Å². The highest BCUT2D eigenvalue weighted by molar-refractivity contribution is 8.01. The Morgan fingerprint density at radius 2 is 1.81 bits per heavy atom. The molecular weight excluding hydrogens is 445 g/mol. The predicted molar refractivity (Wildman–Crippen MR) is 118 cm³/mol. The first-order valence-electron chi connectivity index (χ1n) is 8.78. The molecule has 0 aliphatic rings. The van der Waals surface area contributed by atoms with Gasteiger partial charge < -0.3 is 20.1 Å². The molecule has 2 aromatic carbocycles. The molecule has 3 aromatic rings. The van der Waals surface area contributed by atoms with Crippen LogP contribution in [-0.4, -0.2) is 42.1 Å². The smallest absolute Gasteiger partial charge is 0.325 e. The summed E-state index contributed by atoms with van der Waals surface area (Å²) in [5, 5.41) is 15.9. The van der Waals surface area contributed by atoms with Gasteiger partial charge in [0.25, 0.3) is 0 Å². The van der Waals surface area contributed by atoms with Gasteiger partial charge in [-0.2, -0.15) is 0 Å². The summed E-state index contributed by atoms with van der Waals surface area (Å²) in [6.45, 7) is 0. The Bertz CT molecular complexity index is 1060. The molecule has 0 radical (unpaired) electrons. The molecule has 1 aromatic heterocycles. The molecule has 0 spiro atoms. The van der Waals surface area contributed by atoms with Gasteiger partial charge in [-0.1, -0.05) is 23.1 Å². The highest BCUT2D eigenvalue weighted by Crippen LogP contribution is 2.30. The Morgan fingerprint density at radius 3 is 2.52 bits per heavy atom. The molecule has 0 bridgehead atoms. The summed E-state index contributed by atoms with van der Waals surface area (Å²) in [6.07, 6.45) is 0. The number of ether oxygens (including phenoxy) is 2. The average molecular weight is 464 g/mol. The SMILES string of the molecule is COc1ccc(NC(=O)CSc2nnc(NC(=O)Nc3ccc(F)cc3)s2)c(OC)c1. The average Bonchev–Trinajstić information content (AvgIpc) is 3.21. The zero-order valence-corrected chi connectivity index (χ0v) is 18.1. The van der Waals surface area contributed by atoms with Crippen LogP contribution in [0.3, 0.4) is 0 Å². The summed E-state index contributed by atoms with van der Waals surface area (Å²) in [7, 11) is 3.04. The molecule has 12 heteroatoms. The Balaban J connectivity index is 1.49. The summed E-state index contributed by atoms with van der Waals surface area (Å²) in [5.74, 6) is 0.526. The fourth-order valence-corrected chi connectivity index (χ4v) is 3.87. The third-order valence-electron chi connectivity index (χ3n) is 3.74. The fraction of sp³-hybridized carbons (Fsp3) is 0.158. The molecule has 0 atom stereocenters. The molecule has 31 heavy (non-hydrogen) atoms. The van der Waals surface area contributed by atoms with E-state index in [0.29, 0.717) is 27.2 Å². The quantitative estimate of drug-likeness (QED) is 0.341. The van der Waals surface area contributed by atoms with E-state index in [4.69, 9.17) is 9.47 Å². The van der Waals surface area contributed by atoms with Crippen LogP contribution in [0, 0.1) is 5.82 Å². The third-order valence-corrected chi connectivity index (χ3v) is 5.71. The van der Waals surface area contributed by atoms with E-state index < -0.39 is 11.8 Å². The summed E-state index contributed by atoms with van der Waals surface area (Å²) in [6, 6.07) is 9.88. The molecule has 0 unspecified atom stereocenters. The number of rotatable bonds is 8. The van der Waals surface area contributed by atoms with Gasteiger partial charge in [0.1, 0.15) is 17.3 Å². The van der Waals surface area contributed by atoms with Crippen molar-refractivity contribution in [3.63, 3.8) is 0 Å². The third kappa shape index (κ3) is 6.55. The minimum absolute atomic E-state index is 0.0889. The molecule has 0 fully saturated rings. The van der Waals surface area contributed by atoms with E-state index in [0.717, 1.165) is 11.3 Å². The zero-order chi connectivity index (χ0) is 22.2. The lowest BCUT2D eigenvalue weighted by Crippen LogP contribution is -2.19. The van der Waals surface area contributed by atoms with Gasteiger partial charge in [0.2, 0.25) is 11.0 Å². The molecule has 0 aliphatic heterocycles. The minimum atomic E-state index is -0.538. The highest BCUT2D eigenvalue weighted by atomic mass is 32.2. The molecular formula is C19H18FN5O4S2. The lowest BCUT2D eigenvalue weighted by molar-refractivity contribution is -0.113. The van der Waals surface area contributed by atoms with E-state index in [1.807, 2.05) is 0 Å². The van der Waals surface area contributed by atoms with Crippen LogP contribution in [0.2, 0.25) is 0 Å². The molecule has 3 N–H and O–H groups in total. The normalized spacial score (nSPS) is 10.3. The Kier molecular flexibility index (Phi) is 7.62. The lowest BCUT2D eigenvalue weighted by Gasteiger charge is -2.11. The van der Waals surface area contributed by atoms with Gasteiger partial charge in [-0.25, -0.2) is 9.18 Å². The van der Waals surface area contributed by atoms with Gasteiger partial charge in [0.05, 0.1) is 25.7 Å². The van der Waals surface area contributed by atoms with Gasteiger partial charge in [-0.05, 0) is 36.4 Å². The molecule has 0 saturated heterocycles. The number of hydrogen-bond donors (Lipinski definition) is 3. The standard InChI is InChI=1S/C19H18FN5O4S2/c1-28-13-7-8-14(15(9-13)29-2)22-16(26)10-30-19-25-24-18(31-19)23-17(27)21-12-5-3-11(20)4-6-12/h3-9H,10H2,1-2H3,(H,22,26)(H2,21,23,24,27). The van der Waals surface area contributed by atoms with Crippen LogP contribution in [0.25, 0.3) is 0 Å². The molecule has 0 aliphatic carbocycles. The van der Waals surface area contributed by atoms with Crippen molar-refractivity contribution in [2.24, 2.45) is 0 Å². The van der Waals surface area contributed by atoms with Crippen LogP contribution in [0.5, 0.6) is 11.5 Å². The van der Waals surface area contributed by atoms with Gasteiger partial charge in [-0.15, -0.1) is 10.2 Å². The van der Waals surface area contributed by atoms with E-state index in [9.17, 15) is 14.0 Å². The molecule has 3 amide bonds. The summed E-state index contributed by atoms with van der Waals surface area (Å²) in [5.41, 5.74) is 0.953. The van der Waals surface area contributed by atoms with Crippen molar-refractivity contribution in [1.82, 2.24) is 10.2 Å². The van der Waals surface area contributed by atoms with Crippen molar-refractivity contribution in [3.8, 4) is 11.5 Å².